The Labute approximate surface area is 176 Å². The zero-order chi connectivity index (χ0) is 21.9. The lowest BCUT2D eigenvalue weighted by atomic mass is 10.0. The second-order valence-electron chi connectivity index (χ2n) is 7.34. The molecule has 1 amide bonds. The predicted molar refractivity (Wildman–Crippen MR) is 113 cm³/mol. The molecule has 0 fully saturated rings. The molecule has 0 aliphatic rings. The van der Waals surface area contributed by atoms with Gasteiger partial charge in [-0.1, -0.05) is 43.2 Å². The van der Waals surface area contributed by atoms with Crippen LogP contribution in [0.1, 0.15) is 47.1 Å². The van der Waals surface area contributed by atoms with Gasteiger partial charge in [0.2, 0.25) is 15.9 Å². The number of sulfonamides is 1. The van der Waals surface area contributed by atoms with Gasteiger partial charge >= 0.3 is 6.01 Å². The maximum absolute atomic E-state index is 12.4. The number of rotatable bonds is 7. The number of benzene rings is 2. The van der Waals surface area contributed by atoms with Crippen LogP contribution in [0, 0.1) is 0 Å². The van der Waals surface area contributed by atoms with Crippen LogP contribution in [0.25, 0.3) is 0 Å². The first kappa shape index (κ1) is 21.7. The molecule has 1 aromatic heterocycles. The Morgan fingerprint density at radius 3 is 2.23 bits per heavy atom. The molecule has 0 atom stereocenters. The first-order valence-corrected chi connectivity index (χ1v) is 10.9. The van der Waals surface area contributed by atoms with E-state index in [2.05, 4.69) is 41.5 Å². The first-order chi connectivity index (χ1) is 14.2. The second kappa shape index (κ2) is 8.76. The van der Waals surface area contributed by atoms with Crippen molar-refractivity contribution in [3.05, 3.63) is 71.1 Å². The molecule has 0 unspecified atom stereocenters. The van der Waals surface area contributed by atoms with Gasteiger partial charge in [0.05, 0.1) is 11.3 Å². The predicted octanol–water partition coefficient (Wildman–Crippen LogP) is 3.29. The van der Waals surface area contributed by atoms with Crippen molar-refractivity contribution < 1.29 is 17.6 Å². The van der Waals surface area contributed by atoms with Gasteiger partial charge in [0, 0.05) is 19.7 Å². The molecule has 9 heteroatoms. The van der Waals surface area contributed by atoms with Crippen molar-refractivity contribution >= 4 is 21.9 Å². The smallest absolute Gasteiger partial charge is 0.322 e. The average Bonchev–Trinajstić information content (AvgIpc) is 3.15. The van der Waals surface area contributed by atoms with Crippen molar-refractivity contribution in [2.45, 2.75) is 31.1 Å². The van der Waals surface area contributed by atoms with Gasteiger partial charge in [0.1, 0.15) is 0 Å². The Balaban J connectivity index is 1.64. The topological polar surface area (TPSA) is 105 Å². The van der Waals surface area contributed by atoms with Crippen LogP contribution in [0.2, 0.25) is 0 Å². The van der Waals surface area contributed by atoms with Gasteiger partial charge in [-0.2, -0.15) is 0 Å². The van der Waals surface area contributed by atoms with E-state index in [1.54, 1.807) is 0 Å². The Morgan fingerprint density at radius 2 is 1.67 bits per heavy atom. The molecule has 1 N–H and O–H groups in total. The standard InChI is InChI=1S/C21H24N4O4S/c1-14(2)16-7-5-15(6-8-16)13-19-23-24-21(29-19)22-20(26)17-9-11-18(12-10-17)30(27,28)25(3)4/h5-12,14H,13H2,1-4H3,(H,22,24,26). The zero-order valence-corrected chi connectivity index (χ0v) is 18.1. The molecule has 3 aromatic rings. The molecule has 0 aliphatic heterocycles. The maximum atomic E-state index is 12.4. The van der Waals surface area contributed by atoms with E-state index in [9.17, 15) is 13.2 Å². The molecular formula is C21H24N4O4S. The summed E-state index contributed by atoms with van der Waals surface area (Å²) in [6, 6.07) is 13.8. The normalized spacial score (nSPS) is 11.8. The second-order valence-corrected chi connectivity index (χ2v) is 9.49. The van der Waals surface area contributed by atoms with Crippen LogP contribution in [0.3, 0.4) is 0 Å². The average molecular weight is 429 g/mol. The number of amides is 1. The molecule has 0 bridgehead atoms. The van der Waals surface area contributed by atoms with Crippen LogP contribution in [-0.4, -0.2) is 42.9 Å². The van der Waals surface area contributed by atoms with Crippen LogP contribution >= 0.6 is 0 Å². The summed E-state index contributed by atoms with van der Waals surface area (Å²) in [7, 11) is -0.659. The molecule has 3 rings (SSSR count). The van der Waals surface area contributed by atoms with E-state index < -0.39 is 15.9 Å². The van der Waals surface area contributed by atoms with E-state index in [4.69, 9.17) is 4.42 Å². The van der Waals surface area contributed by atoms with E-state index >= 15 is 0 Å². The Kier molecular flexibility index (Phi) is 6.33. The van der Waals surface area contributed by atoms with Gasteiger partial charge in [-0.3, -0.25) is 10.1 Å². The maximum Gasteiger partial charge on any atom is 0.322 e. The highest BCUT2D eigenvalue weighted by molar-refractivity contribution is 7.89. The van der Waals surface area contributed by atoms with Gasteiger partial charge in [-0.25, -0.2) is 12.7 Å². The molecule has 0 aliphatic carbocycles. The Bertz CT molecular complexity index is 1120. The van der Waals surface area contributed by atoms with Crippen LogP contribution in [0.15, 0.2) is 57.8 Å². The molecule has 1 heterocycles. The summed E-state index contributed by atoms with van der Waals surface area (Å²) in [6.45, 7) is 4.27. The van der Waals surface area contributed by atoms with E-state index in [0.717, 1.165) is 9.87 Å². The SMILES string of the molecule is CC(C)c1ccc(Cc2nnc(NC(=O)c3ccc(S(=O)(=O)N(C)C)cc3)o2)cc1. The van der Waals surface area contributed by atoms with E-state index in [0.29, 0.717) is 18.2 Å². The number of anilines is 1. The molecule has 0 radical (unpaired) electrons. The lowest BCUT2D eigenvalue weighted by molar-refractivity contribution is 0.102. The number of hydrogen-bond acceptors (Lipinski definition) is 6. The highest BCUT2D eigenvalue weighted by atomic mass is 32.2. The van der Waals surface area contributed by atoms with Gasteiger partial charge in [-0.05, 0) is 41.3 Å². The minimum absolute atomic E-state index is 0.0150. The van der Waals surface area contributed by atoms with Crippen LogP contribution in [0.5, 0.6) is 0 Å². The molecule has 0 saturated heterocycles. The van der Waals surface area contributed by atoms with Crippen LogP contribution in [-0.2, 0) is 16.4 Å². The number of aromatic nitrogens is 2. The number of nitrogens with zero attached hydrogens (tertiary/aromatic N) is 3. The minimum atomic E-state index is -3.55. The Hall–Kier alpha value is -3.04. The molecule has 8 nitrogen and oxygen atoms in total. The summed E-state index contributed by atoms with van der Waals surface area (Å²) in [6.07, 6.45) is 0.457. The molecule has 30 heavy (non-hydrogen) atoms. The van der Waals surface area contributed by atoms with Gasteiger partial charge in [0.25, 0.3) is 5.91 Å². The molecule has 0 spiro atoms. The summed E-state index contributed by atoms with van der Waals surface area (Å²) in [5.41, 5.74) is 2.55. The third-order valence-corrected chi connectivity index (χ3v) is 6.41. The fourth-order valence-corrected chi connectivity index (χ4v) is 3.63. The quantitative estimate of drug-likeness (QED) is 0.619. The minimum Gasteiger partial charge on any atom is -0.407 e. The fourth-order valence-electron chi connectivity index (χ4n) is 2.73. The highest BCUT2D eigenvalue weighted by Gasteiger charge is 2.18. The lowest BCUT2D eigenvalue weighted by Crippen LogP contribution is -2.22. The summed E-state index contributed by atoms with van der Waals surface area (Å²) in [5.74, 6) is 0.372. The molecular weight excluding hydrogens is 404 g/mol. The van der Waals surface area contributed by atoms with Crippen molar-refractivity contribution in [2.24, 2.45) is 0 Å². The zero-order valence-electron chi connectivity index (χ0n) is 17.3. The van der Waals surface area contributed by atoms with Crippen LogP contribution < -0.4 is 5.32 Å². The van der Waals surface area contributed by atoms with Gasteiger partial charge in [0.15, 0.2) is 0 Å². The number of hydrogen-bond donors (Lipinski definition) is 1. The summed E-state index contributed by atoms with van der Waals surface area (Å²) >= 11 is 0. The summed E-state index contributed by atoms with van der Waals surface area (Å²) < 4.78 is 30.8. The van der Waals surface area contributed by atoms with Crippen molar-refractivity contribution in [2.75, 3.05) is 19.4 Å². The third-order valence-electron chi connectivity index (χ3n) is 4.58. The summed E-state index contributed by atoms with van der Waals surface area (Å²) in [5, 5.41) is 10.3. The molecule has 158 valence electrons. The monoisotopic (exact) mass is 428 g/mol. The lowest BCUT2D eigenvalue weighted by Gasteiger charge is -2.11. The fraction of sp³-hybridized carbons (Fsp3) is 0.286. The number of carbonyl (C=O) groups excluding carboxylic acids is 1. The molecule has 0 saturated carbocycles. The van der Waals surface area contributed by atoms with Crippen molar-refractivity contribution in [3.63, 3.8) is 0 Å². The largest absolute Gasteiger partial charge is 0.407 e. The molecule has 2 aromatic carbocycles. The number of nitrogens with one attached hydrogen (secondary N) is 1. The summed E-state index contributed by atoms with van der Waals surface area (Å²) in [4.78, 5) is 12.5. The Morgan fingerprint density at radius 1 is 1.03 bits per heavy atom. The van der Waals surface area contributed by atoms with E-state index in [1.165, 1.54) is 43.9 Å². The van der Waals surface area contributed by atoms with Crippen molar-refractivity contribution in [3.8, 4) is 0 Å². The van der Waals surface area contributed by atoms with Crippen LogP contribution in [0.4, 0.5) is 6.01 Å². The first-order valence-electron chi connectivity index (χ1n) is 9.42. The third kappa shape index (κ3) is 4.92. The van der Waals surface area contributed by atoms with Gasteiger partial charge < -0.3 is 4.42 Å². The van der Waals surface area contributed by atoms with E-state index in [-0.39, 0.29) is 16.5 Å². The van der Waals surface area contributed by atoms with Gasteiger partial charge in [-0.15, -0.1) is 5.10 Å². The number of carbonyl (C=O) groups is 1. The van der Waals surface area contributed by atoms with E-state index in [1.807, 2.05) is 12.1 Å². The van der Waals surface area contributed by atoms with Crippen molar-refractivity contribution in [1.82, 2.24) is 14.5 Å². The van der Waals surface area contributed by atoms with Crippen molar-refractivity contribution in [1.29, 1.82) is 0 Å². The highest BCUT2D eigenvalue weighted by Crippen LogP contribution is 2.18.